The fourth-order valence-electron chi connectivity index (χ4n) is 3.55. The molecule has 4 rings (SSSR count). The maximum atomic E-state index is 12.7. The lowest BCUT2D eigenvalue weighted by Crippen LogP contribution is -2.37. The number of carbonyl (C=O) groups is 2. The van der Waals surface area contributed by atoms with Gasteiger partial charge in [0.25, 0.3) is 0 Å². The number of carbonyl (C=O) groups excluding carboxylic acids is 2. The molecule has 26 heavy (non-hydrogen) atoms. The van der Waals surface area contributed by atoms with Crippen LogP contribution in [0.15, 0.2) is 40.9 Å². The summed E-state index contributed by atoms with van der Waals surface area (Å²) >= 11 is 0. The van der Waals surface area contributed by atoms with Gasteiger partial charge in [0, 0.05) is 37.7 Å². The second-order valence-corrected chi connectivity index (χ2v) is 7.12. The highest BCUT2D eigenvalue weighted by molar-refractivity contribution is 5.91. The maximum absolute atomic E-state index is 12.7. The van der Waals surface area contributed by atoms with Gasteiger partial charge in [-0.3, -0.25) is 9.59 Å². The average Bonchev–Trinajstić information content (AvgIpc) is 3.14. The Kier molecular flexibility index (Phi) is 4.49. The first-order valence-corrected chi connectivity index (χ1v) is 9.28. The van der Waals surface area contributed by atoms with Crippen LogP contribution in [0.25, 0.3) is 11.3 Å². The number of likely N-dealkylation sites (tertiary alicyclic amines) is 1. The van der Waals surface area contributed by atoms with Crippen LogP contribution in [-0.2, 0) is 15.0 Å². The van der Waals surface area contributed by atoms with Gasteiger partial charge in [0.05, 0.1) is 11.1 Å². The molecule has 136 valence electrons. The van der Waals surface area contributed by atoms with Crippen molar-refractivity contribution in [1.82, 2.24) is 15.4 Å². The molecule has 1 aliphatic heterocycles. The van der Waals surface area contributed by atoms with E-state index in [0.29, 0.717) is 31.0 Å². The number of benzene rings is 1. The second-order valence-electron chi connectivity index (χ2n) is 7.12. The van der Waals surface area contributed by atoms with E-state index in [1.54, 1.807) is 0 Å². The first kappa shape index (κ1) is 16.8. The standard InChI is InChI=1S/C20H23N3O3/c24-18-8-4-12-23(18)13-5-11-21-19(25)20(9-10-20)17-14-16(26-22-17)15-6-2-1-3-7-15/h1-3,6-7,14H,4-5,8-13H2,(H,21,25). The fourth-order valence-corrected chi connectivity index (χ4v) is 3.55. The summed E-state index contributed by atoms with van der Waals surface area (Å²) in [6.07, 6.45) is 3.98. The minimum Gasteiger partial charge on any atom is -0.356 e. The molecule has 0 bridgehead atoms. The summed E-state index contributed by atoms with van der Waals surface area (Å²) in [5, 5.41) is 7.17. The van der Waals surface area contributed by atoms with Crippen LogP contribution in [-0.4, -0.2) is 41.5 Å². The Bertz CT molecular complexity index is 796. The SMILES string of the molecule is O=C1CCCN1CCCNC(=O)C1(c2cc(-c3ccccc3)on2)CC1. The monoisotopic (exact) mass is 353 g/mol. The Morgan fingerprint density at radius 3 is 2.77 bits per heavy atom. The van der Waals surface area contributed by atoms with Crippen molar-refractivity contribution in [2.45, 2.75) is 37.5 Å². The number of nitrogens with one attached hydrogen (secondary N) is 1. The van der Waals surface area contributed by atoms with Gasteiger partial charge in [-0.15, -0.1) is 0 Å². The lowest BCUT2D eigenvalue weighted by molar-refractivity contribution is -0.127. The number of nitrogens with zero attached hydrogens (tertiary/aromatic N) is 2. The Morgan fingerprint density at radius 2 is 2.08 bits per heavy atom. The van der Waals surface area contributed by atoms with Crippen LogP contribution in [0.4, 0.5) is 0 Å². The molecular weight excluding hydrogens is 330 g/mol. The van der Waals surface area contributed by atoms with Gasteiger partial charge >= 0.3 is 0 Å². The van der Waals surface area contributed by atoms with Crippen molar-refractivity contribution >= 4 is 11.8 Å². The lowest BCUT2D eigenvalue weighted by Gasteiger charge is -2.16. The van der Waals surface area contributed by atoms with Crippen molar-refractivity contribution in [3.05, 3.63) is 42.1 Å². The molecule has 2 amide bonds. The molecule has 0 spiro atoms. The fraction of sp³-hybridized carbons (Fsp3) is 0.450. The number of amides is 2. The van der Waals surface area contributed by atoms with Gasteiger partial charge in [-0.1, -0.05) is 35.5 Å². The third-order valence-electron chi connectivity index (χ3n) is 5.31. The predicted molar refractivity (Wildman–Crippen MR) is 96.3 cm³/mol. The topological polar surface area (TPSA) is 75.4 Å². The third-order valence-corrected chi connectivity index (χ3v) is 5.31. The molecule has 0 radical (unpaired) electrons. The molecule has 1 aliphatic carbocycles. The summed E-state index contributed by atoms with van der Waals surface area (Å²) in [6.45, 7) is 2.14. The summed E-state index contributed by atoms with van der Waals surface area (Å²) in [6, 6.07) is 11.6. The van der Waals surface area contributed by atoms with Crippen LogP contribution >= 0.6 is 0 Å². The lowest BCUT2D eigenvalue weighted by atomic mass is 10.0. The molecule has 0 unspecified atom stereocenters. The first-order chi connectivity index (χ1) is 12.7. The van der Waals surface area contributed by atoms with Crippen molar-refractivity contribution in [1.29, 1.82) is 0 Å². The van der Waals surface area contributed by atoms with E-state index in [2.05, 4.69) is 10.5 Å². The van der Waals surface area contributed by atoms with Crippen molar-refractivity contribution in [2.75, 3.05) is 19.6 Å². The van der Waals surface area contributed by atoms with Gasteiger partial charge < -0.3 is 14.7 Å². The van der Waals surface area contributed by atoms with E-state index in [1.165, 1.54) is 0 Å². The molecule has 1 aromatic carbocycles. The van der Waals surface area contributed by atoms with Crippen LogP contribution in [0.2, 0.25) is 0 Å². The Balaban J connectivity index is 1.33. The largest absolute Gasteiger partial charge is 0.356 e. The second kappa shape index (κ2) is 6.94. The molecule has 0 atom stereocenters. The smallest absolute Gasteiger partial charge is 0.232 e. The van der Waals surface area contributed by atoms with Crippen molar-refractivity contribution in [2.24, 2.45) is 0 Å². The average molecular weight is 353 g/mol. The van der Waals surface area contributed by atoms with E-state index >= 15 is 0 Å². The zero-order chi connectivity index (χ0) is 18.0. The van der Waals surface area contributed by atoms with Gasteiger partial charge in [-0.2, -0.15) is 0 Å². The maximum Gasteiger partial charge on any atom is 0.232 e. The molecule has 1 aromatic heterocycles. The Labute approximate surface area is 152 Å². The van der Waals surface area contributed by atoms with Crippen molar-refractivity contribution < 1.29 is 14.1 Å². The zero-order valence-electron chi connectivity index (χ0n) is 14.7. The third kappa shape index (κ3) is 3.23. The Hall–Kier alpha value is -2.63. The van der Waals surface area contributed by atoms with Crippen LogP contribution < -0.4 is 5.32 Å². The summed E-state index contributed by atoms with van der Waals surface area (Å²) in [5.74, 6) is 0.927. The quantitative estimate of drug-likeness (QED) is 0.776. The van der Waals surface area contributed by atoms with Gasteiger partial charge in [-0.25, -0.2) is 0 Å². The summed E-state index contributed by atoms with van der Waals surface area (Å²) in [5.41, 5.74) is 1.13. The minimum absolute atomic E-state index is 0.0122. The van der Waals surface area contributed by atoms with Gasteiger partial charge in [0.1, 0.15) is 0 Å². The van der Waals surface area contributed by atoms with Crippen LogP contribution in [0.3, 0.4) is 0 Å². The molecule has 2 aliphatic rings. The molecule has 2 heterocycles. The van der Waals surface area contributed by atoms with E-state index in [-0.39, 0.29) is 11.8 Å². The van der Waals surface area contributed by atoms with Crippen LogP contribution in [0.5, 0.6) is 0 Å². The molecule has 1 saturated carbocycles. The molecule has 6 nitrogen and oxygen atoms in total. The number of rotatable bonds is 7. The highest BCUT2D eigenvalue weighted by Crippen LogP contribution is 2.48. The Morgan fingerprint density at radius 1 is 1.27 bits per heavy atom. The van der Waals surface area contributed by atoms with Crippen molar-refractivity contribution in [3.8, 4) is 11.3 Å². The van der Waals surface area contributed by atoms with E-state index < -0.39 is 5.41 Å². The van der Waals surface area contributed by atoms with Gasteiger partial charge in [0.2, 0.25) is 11.8 Å². The number of aromatic nitrogens is 1. The van der Waals surface area contributed by atoms with E-state index in [9.17, 15) is 9.59 Å². The molecule has 2 aromatic rings. The molecular formula is C20H23N3O3. The van der Waals surface area contributed by atoms with Crippen molar-refractivity contribution in [3.63, 3.8) is 0 Å². The van der Waals surface area contributed by atoms with Crippen LogP contribution in [0, 0.1) is 0 Å². The number of hydrogen-bond acceptors (Lipinski definition) is 4. The summed E-state index contributed by atoms with van der Waals surface area (Å²) in [4.78, 5) is 26.1. The highest BCUT2D eigenvalue weighted by atomic mass is 16.5. The summed E-state index contributed by atoms with van der Waals surface area (Å²) in [7, 11) is 0. The summed E-state index contributed by atoms with van der Waals surface area (Å²) < 4.78 is 5.46. The number of hydrogen-bond donors (Lipinski definition) is 1. The predicted octanol–water partition coefficient (Wildman–Crippen LogP) is 2.50. The molecule has 2 fully saturated rings. The highest BCUT2D eigenvalue weighted by Gasteiger charge is 2.53. The zero-order valence-corrected chi connectivity index (χ0v) is 14.7. The minimum atomic E-state index is -0.542. The molecule has 1 saturated heterocycles. The van der Waals surface area contributed by atoms with E-state index in [0.717, 1.165) is 37.8 Å². The molecule has 6 heteroatoms. The van der Waals surface area contributed by atoms with E-state index in [4.69, 9.17) is 4.52 Å². The van der Waals surface area contributed by atoms with E-state index in [1.807, 2.05) is 41.3 Å². The normalized spacial score (nSPS) is 18.2. The van der Waals surface area contributed by atoms with Crippen LogP contribution in [0.1, 0.15) is 37.8 Å². The molecule has 1 N–H and O–H groups in total. The van der Waals surface area contributed by atoms with Gasteiger partial charge in [0.15, 0.2) is 5.76 Å². The van der Waals surface area contributed by atoms with Gasteiger partial charge in [-0.05, 0) is 25.7 Å². The first-order valence-electron chi connectivity index (χ1n) is 9.28.